The maximum absolute atomic E-state index is 13.2. The van der Waals surface area contributed by atoms with Crippen LogP contribution >= 0.6 is 0 Å². The Balaban J connectivity index is 1.82. The molecule has 156 valence electrons. The largest absolute Gasteiger partial charge is 0.497 e. The van der Waals surface area contributed by atoms with E-state index < -0.39 is 17.7 Å². The van der Waals surface area contributed by atoms with Crippen LogP contribution in [-0.2, 0) is 4.79 Å². The van der Waals surface area contributed by atoms with E-state index in [-0.39, 0.29) is 11.4 Å². The average Bonchev–Trinajstić information content (AvgIpc) is 2.72. The minimum absolute atomic E-state index is 0.226. The van der Waals surface area contributed by atoms with Gasteiger partial charge in [-0.3, -0.25) is 14.6 Å². The highest BCUT2D eigenvalue weighted by Crippen LogP contribution is 2.39. The van der Waals surface area contributed by atoms with Crippen molar-refractivity contribution in [1.82, 2.24) is 9.97 Å². The molecular formula is C22H25N5O3. The molecule has 0 radical (unpaired) electrons. The minimum atomic E-state index is -1.03. The van der Waals surface area contributed by atoms with E-state index in [9.17, 15) is 14.9 Å². The van der Waals surface area contributed by atoms with E-state index in [2.05, 4.69) is 40.1 Å². The molecule has 1 aromatic carbocycles. The van der Waals surface area contributed by atoms with Crippen molar-refractivity contribution in [3.05, 3.63) is 45.7 Å². The summed E-state index contributed by atoms with van der Waals surface area (Å²) in [5.41, 5.74) is 0.627. The number of rotatable bonds is 3. The number of anilines is 2. The lowest BCUT2D eigenvalue weighted by atomic mass is 9.79. The second-order valence-corrected chi connectivity index (χ2v) is 8.35. The minimum Gasteiger partial charge on any atom is -0.497 e. The maximum atomic E-state index is 13.2. The van der Waals surface area contributed by atoms with Crippen LogP contribution < -0.4 is 20.5 Å². The van der Waals surface area contributed by atoms with Gasteiger partial charge in [-0.05, 0) is 36.0 Å². The van der Waals surface area contributed by atoms with Crippen LogP contribution in [0.3, 0.4) is 0 Å². The van der Waals surface area contributed by atoms with Crippen molar-refractivity contribution < 1.29 is 9.53 Å². The molecule has 2 N–H and O–H groups in total. The summed E-state index contributed by atoms with van der Waals surface area (Å²) in [5.74, 6) is 0.0264. The number of amides is 1. The van der Waals surface area contributed by atoms with E-state index in [1.807, 2.05) is 0 Å². The van der Waals surface area contributed by atoms with Gasteiger partial charge in [0.15, 0.2) is 0 Å². The highest BCUT2D eigenvalue weighted by atomic mass is 16.5. The predicted octanol–water partition coefficient (Wildman–Crippen LogP) is 2.48. The number of carbonyl (C=O) groups excluding carboxylic acids is 1. The van der Waals surface area contributed by atoms with Crippen molar-refractivity contribution in [2.24, 2.45) is 17.8 Å². The number of H-pyrrole nitrogens is 1. The molecule has 8 heteroatoms. The number of hydrogen-bond acceptors (Lipinski definition) is 6. The zero-order valence-corrected chi connectivity index (χ0v) is 17.3. The fraction of sp³-hybridized carbons (Fsp3) is 0.455. The van der Waals surface area contributed by atoms with Gasteiger partial charge in [0.1, 0.15) is 17.5 Å². The molecule has 0 saturated carbocycles. The summed E-state index contributed by atoms with van der Waals surface area (Å²) in [6.45, 7) is 5.94. The van der Waals surface area contributed by atoms with Gasteiger partial charge >= 0.3 is 0 Å². The van der Waals surface area contributed by atoms with Gasteiger partial charge in [-0.2, -0.15) is 10.2 Å². The first-order valence-corrected chi connectivity index (χ1v) is 10.1. The number of benzene rings is 1. The van der Waals surface area contributed by atoms with Crippen molar-refractivity contribution in [3.63, 3.8) is 0 Å². The van der Waals surface area contributed by atoms with Gasteiger partial charge in [0.05, 0.1) is 18.7 Å². The number of nitrogens with zero attached hydrogens (tertiary/aromatic N) is 3. The molecule has 3 heterocycles. The molecular weight excluding hydrogens is 382 g/mol. The first-order valence-electron chi connectivity index (χ1n) is 10.1. The lowest BCUT2D eigenvalue weighted by Crippen LogP contribution is -2.42. The highest BCUT2D eigenvalue weighted by molar-refractivity contribution is 5.98. The van der Waals surface area contributed by atoms with Gasteiger partial charge in [0.25, 0.3) is 5.56 Å². The Labute approximate surface area is 174 Å². The van der Waals surface area contributed by atoms with Gasteiger partial charge in [0.2, 0.25) is 11.9 Å². The molecule has 4 atom stereocenters. The number of nitriles is 1. The lowest BCUT2D eigenvalue weighted by molar-refractivity contribution is -0.119. The molecule has 0 bridgehead atoms. The third kappa shape index (κ3) is 3.52. The van der Waals surface area contributed by atoms with Gasteiger partial charge < -0.3 is 15.0 Å². The monoisotopic (exact) mass is 407 g/mol. The standard InChI is InChI=1S/C22H25N5O3/c1-12-7-13(2)11-27(10-12)22-25-19-18(21(29)26-22)17(16(9-23)20(28)24-19)14-5-4-6-15(8-14)30-3/h4-6,8,12-13,16-17H,7,10-11H2,1-3H3,(H2,24,25,26,28,29). The molecule has 1 aromatic heterocycles. The van der Waals surface area contributed by atoms with Crippen molar-refractivity contribution in [1.29, 1.82) is 5.26 Å². The van der Waals surface area contributed by atoms with Crippen LogP contribution in [0, 0.1) is 29.1 Å². The van der Waals surface area contributed by atoms with Gasteiger partial charge in [-0.25, -0.2) is 0 Å². The fourth-order valence-electron chi connectivity index (χ4n) is 4.68. The van der Waals surface area contributed by atoms with E-state index in [0.717, 1.165) is 19.5 Å². The number of carbonyl (C=O) groups is 1. The topological polar surface area (TPSA) is 111 Å². The second-order valence-electron chi connectivity index (χ2n) is 8.35. The summed E-state index contributed by atoms with van der Waals surface area (Å²) in [7, 11) is 1.55. The molecule has 8 nitrogen and oxygen atoms in total. The van der Waals surface area contributed by atoms with Crippen LogP contribution in [0.5, 0.6) is 5.75 Å². The molecule has 30 heavy (non-hydrogen) atoms. The van der Waals surface area contributed by atoms with Crippen LogP contribution in [0.2, 0.25) is 0 Å². The number of aromatic nitrogens is 2. The Bertz CT molecular complexity index is 1060. The number of fused-ring (bicyclic) bond motifs is 1. The molecule has 1 fully saturated rings. The Kier molecular flexibility index (Phi) is 5.20. The first kappa shape index (κ1) is 20.0. The summed E-state index contributed by atoms with van der Waals surface area (Å²) in [6, 6.07) is 9.15. The number of nitrogens with one attached hydrogen (secondary N) is 2. The van der Waals surface area contributed by atoms with Crippen LogP contribution in [0.4, 0.5) is 11.8 Å². The third-order valence-corrected chi connectivity index (χ3v) is 5.87. The normalized spacial score (nSPS) is 25.8. The van der Waals surface area contributed by atoms with E-state index in [4.69, 9.17) is 4.74 Å². The Morgan fingerprint density at radius 2 is 1.97 bits per heavy atom. The predicted molar refractivity (Wildman–Crippen MR) is 113 cm³/mol. The van der Waals surface area contributed by atoms with E-state index in [1.54, 1.807) is 31.4 Å². The molecule has 2 aromatic rings. The number of piperidine rings is 1. The average molecular weight is 407 g/mol. The Morgan fingerprint density at radius 1 is 1.23 bits per heavy atom. The van der Waals surface area contributed by atoms with Gasteiger partial charge in [-0.15, -0.1) is 0 Å². The SMILES string of the molecule is COc1cccc(C2c3c(nc(N4CC(C)CC(C)C4)[nH]c3=O)NC(=O)C2C#N)c1. The van der Waals surface area contributed by atoms with Crippen LogP contribution in [0.25, 0.3) is 0 Å². The van der Waals surface area contributed by atoms with Gasteiger partial charge in [0, 0.05) is 19.0 Å². The Morgan fingerprint density at radius 3 is 2.63 bits per heavy atom. The summed E-state index contributed by atoms with van der Waals surface area (Å²) < 4.78 is 5.29. The van der Waals surface area contributed by atoms with E-state index in [0.29, 0.717) is 34.7 Å². The van der Waals surface area contributed by atoms with Crippen molar-refractivity contribution in [2.75, 3.05) is 30.4 Å². The molecule has 0 spiro atoms. The second kappa shape index (κ2) is 7.82. The van der Waals surface area contributed by atoms with Crippen molar-refractivity contribution in [2.45, 2.75) is 26.2 Å². The molecule has 2 aliphatic rings. The molecule has 1 amide bonds. The summed E-state index contributed by atoms with van der Waals surface area (Å²) in [6.07, 6.45) is 1.13. The van der Waals surface area contributed by atoms with Crippen molar-refractivity contribution >= 4 is 17.7 Å². The van der Waals surface area contributed by atoms with Gasteiger partial charge in [-0.1, -0.05) is 26.0 Å². The number of hydrogen-bond donors (Lipinski definition) is 2. The van der Waals surface area contributed by atoms with Crippen LogP contribution in [-0.4, -0.2) is 36.1 Å². The number of aromatic amines is 1. The lowest BCUT2D eigenvalue weighted by Gasteiger charge is -2.36. The van der Waals surface area contributed by atoms with Crippen LogP contribution in [0.1, 0.15) is 37.3 Å². The molecule has 2 aliphatic heterocycles. The third-order valence-electron chi connectivity index (χ3n) is 5.87. The summed E-state index contributed by atoms with van der Waals surface area (Å²) in [4.78, 5) is 35.4. The molecule has 4 rings (SSSR count). The molecule has 1 saturated heterocycles. The summed E-state index contributed by atoms with van der Waals surface area (Å²) in [5, 5.41) is 12.4. The quantitative estimate of drug-likeness (QED) is 0.809. The van der Waals surface area contributed by atoms with Crippen molar-refractivity contribution in [3.8, 4) is 11.8 Å². The van der Waals surface area contributed by atoms with E-state index in [1.165, 1.54) is 0 Å². The fourth-order valence-corrected chi connectivity index (χ4v) is 4.68. The zero-order valence-electron chi connectivity index (χ0n) is 17.3. The first-order chi connectivity index (χ1) is 14.4. The summed E-state index contributed by atoms with van der Waals surface area (Å²) >= 11 is 0. The zero-order chi connectivity index (χ0) is 21.4. The Hall–Kier alpha value is -3.34. The number of methoxy groups -OCH3 is 1. The maximum Gasteiger partial charge on any atom is 0.258 e. The number of ether oxygens (including phenoxy) is 1. The molecule has 4 unspecified atom stereocenters. The highest BCUT2D eigenvalue weighted by Gasteiger charge is 2.40. The smallest absolute Gasteiger partial charge is 0.258 e. The molecule has 0 aliphatic carbocycles. The van der Waals surface area contributed by atoms with Crippen LogP contribution in [0.15, 0.2) is 29.1 Å². The van der Waals surface area contributed by atoms with E-state index >= 15 is 0 Å².